The van der Waals surface area contributed by atoms with Crippen LogP contribution in [0.2, 0.25) is 0 Å². The van der Waals surface area contributed by atoms with E-state index in [0.29, 0.717) is 11.5 Å². The highest BCUT2D eigenvalue weighted by molar-refractivity contribution is 6.08. The molecular formula is C16H21FN6. The normalized spacial score (nSPS) is 16.7. The SMILES string of the molecule is N=C/C(=C\NNF)c1cnc2c(ccn2CC2CCNCC2)c1. The first-order valence-corrected chi connectivity index (χ1v) is 7.79. The molecule has 7 heteroatoms. The fourth-order valence-electron chi connectivity index (χ4n) is 3.04. The third-order valence-corrected chi connectivity index (χ3v) is 4.29. The van der Waals surface area contributed by atoms with Gasteiger partial charge < -0.3 is 20.7 Å². The Kier molecular flexibility index (Phi) is 4.99. The van der Waals surface area contributed by atoms with Crippen molar-refractivity contribution in [3.8, 4) is 0 Å². The van der Waals surface area contributed by atoms with E-state index in [1.54, 1.807) is 6.20 Å². The summed E-state index contributed by atoms with van der Waals surface area (Å²) in [5, 5.41) is 11.8. The Balaban J connectivity index is 1.83. The van der Waals surface area contributed by atoms with Crippen molar-refractivity contribution in [2.75, 3.05) is 13.1 Å². The van der Waals surface area contributed by atoms with Gasteiger partial charge in [-0.05, 0) is 44.0 Å². The summed E-state index contributed by atoms with van der Waals surface area (Å²) in [7, 11) is 0. The summed E-state index contributed by atoms with van der Waals surface area (Å²) in [4.78, 5) is 4.54. The van der Waals surface area contributed by atoms with Crippen LogP contribution in [0.3, 0.4) is 0 Å². The molecule has 3 rings (SSSR count). The summed E-state index contributed by atoms with van der Waals surface area (Å²) < 4.78 is 14.2. The Morgan fingerprint density at radius 3 is 3.04 bits per heavy atom. The maximum Gasteiger partial charge on any atom is 0.139 e. The first-order valence-electron chi connectivity index (χ1n) is 7.79. The molecule has 6 nitrogen and oxygen atoms in total. The van der Waals surface area contributed by atoms with Gasteiger partial charge in [0.15, 0.2) is 0 Å². The van der Waals surface area contributed by atoms with Gasteiger partial charge in [-0.3, -0.25) is 0 Å². The predicted octanol–water partition coefficient (Wildman–Crippen LogP) is 2.01. The second kappa shape index (κ2) is 7.34. The lowest BCUT2D eigenvalue weighted by Crippen LogP contribution is -2.29. The minimum atomic E-state index is 0.552. The van der Waals surface area contributed by atoms with Gasteiger partial charge in [0.1, 0.15) is 5.65 Å². The first-order chi connectivity index (χ1) is 11.3. The smallest absolute Gasteiger partial charge is 0.139 e. The van der Waals surface area contributed by atoms with Crippen LogP contribution in [0.1, 0.15) is 18.4 Å². The van der Waals surface area contributed by atoms with E-state index in [1.807, 2.05) is 12.1 Å². The van der Waals surface area contributed by atoms with Crippen molar-refractivity contribution in [3.63, 3.8) is 0 Å². The van der Waals surface area contributed by atoms with E-state index < -0.39 is 0 Å². The number of hydrogen-bond acceptors (Lipinski definition) is 5. The lowest BCUT2D eigenvalue weighted by Gasteiger charge is -2.23. The summed E-state index contributed by atoms with van der Waals surface area (Å²) in [5.74, 6) is 0.685. The van der Waals surface area contributed by atoms with Crippen molar-refractivity contribution in [1.29, 1.82) is 5.41 Å². The Morgan fingerprint density at radius 2 is 2.30 bits per heavy atom. The Morgan fingerprint density at radius 1 is 1.48 bits per heavy atom. The number of fused-ring (bicyclic) bond motifs is 1. The molecule has 1 aliphatic heterocycles. The highest BCUT2D eigenvalue weighted by atomic mass is 19.2. The zero-order valence-corrected chi connectivity index (χ0v) is 12.8. The molecule has 1 saturated heterocycles. The summed E-state index contributed by atoms with van der Waals surface area (Å²) in [5.41, 5.74) is 5.84. The number of allylic oxidation sites excluding steroid dienone is 1. The highest BCUT2D eigenvalue weighted by Crippen LogP contribution is 2.22. The van der Waals surface area contributed by atoms with Crippen molar-refractivity contribution < 1.29 is 4.48 Å². The average molecular weight is 316 g/mol. The third-order valence-electron chi connectivity index (χ3n) is 4.29. The van der Waals surface area contributed by atoms with Crippen LogP contribution in [0.5, 0.6) is 0 Å². The number of nitrogens with zero attached hydrogens (tertiary/aromatic N) is 2. The van der Waals surface area contributed by atoms with Crippen LogP contribution in [0.25, 0.3) is 16.6 Å². The van der Waals surface area contributed by atoms with Crippen LogP contribution in [0.15, 0.2) is 30.7 Å². The fraction of sp³-hybridized carbons (Fsp3) is 0.375. The molecule has 0 atom stereocenters. The zero-order chi connectivity index (χ0) is 16.1. The van der Waals surface area contributed by atoms with Gasteiger partial charge in [0.2, 0.25) is 0 Å². The molecular weight excluding hydrogens is 295 g/mol. The van der Waals surface area contributed by atoms with Gasteiger partial charge >= 0.3 is 0 Å². The summed E-state index contributed by atoms with van der Waals surface area (Å²) in [6, 6.07) is 4.01. The summed E-state index contributed by atoms with van der Waals surface area (Å²) in [6.07, 6.45) is 8.73. The Hall–Kier alpha value is -2.25. The van der Waals surface area contributed by atoms with Gasteiger partial charge in [0.05, 0.1) is 0 Å². The van der Waals surface area contributed by atoms with Crippen LogP contribution in [-0.4, -0.2) is 28.9 Å². The standard InChI is InChI=1S/C16H21FN6/c17-22-21-10-15(8-18)14-7-13-3-6-23(16(13)20-9-14)11-12-1-4-19-5-2-12/h3,6-10,12,18-19,21-22H,1-2,4-5,11H2/b15-10+,18-8?. The quantitative estimate of drug-likeness (QED) is 0.373. The molecule has 0 radical (unpaired) electrons. The lowest BCUT2D eigenvalue weighted by atomic mass is 9.98. The van der Waals surface area contributed by atoms with E-state index in [4.69, 9.17) is 5.41 Å². The number of halogens is 1. The molecule has 122 valence electrons. The molecule has 3 heterocycles. The molecule has 0 bridgehead atoms. The lowest BCUT2D eigenvalue weighted by molar-refractivity contribution is 0.297. The third kappa shape index (κ3) is 3.57. The average Bonchev–Trinajstić information content (AvgIpc) is 2.99. The minimum absolute atomic E-state index is 0.552. The van der Waals surface area contributed by atoms with E-state index in [0.717, 1.165) is 36.2 Å². The van der Waals surface area contributed by atoms with Gasteiger partial charge in [0.25, 0.3) is 0 Å². The van der Waals surface area contributed by atoms with E-state index in [-0.39, 0.29) is 0 Å². The van der Waals surface area contributed by atoms with Gasteiger partial charge in [-0.2, -0.15) is 0 Å². The molecule has 0 unspecified atom stereocenters. The molecule has 2 aromatic heterocycles. The van der Waals surface area contributed by atoms with Crippen LogP contribution >= 0.6 is 0 Å². The molecule has 0 amide bonds. The summed E-state index contributed by atoms with van der Waals surface area (Å²) >= 11 is 0. The van der Waals surface area contributed by atoms with Gasteiger partial charge in [0, 0.05) is 47.9 Å². The number of hydrazine groups is 1. The van der Waals surface area contributed by atoms with Crippen molar-refractivity contribution >= 4 is 22.8 Å². The second-order valence-electron chi connectivity index (χ2n) is 5.78. The van der Waals surface area contributed by atoms with E-state index in [2.05, 4.69) is 26.5 Å². The second-order valence-corrected chi connectivity index (χ2v) is 5.78. The monoisotopic (exact) mass is 316 g/mol. The van der Waals surface area contributed by atoms with Crippen LogP contribution < -0.4 is 16.4 Å². The molecule has 2 aromatic rings. The maximum atomic E-state index is 12.0. The fourth-order valence-corrected chi connectivity index (χ4v) is 3.04. The predicted molar refractivity (Wildman–Crippen MR) is 89.5 cm³/mol. The first kappa shape index (κ1) is 15.6. The number of pyridine rings is 1. The number of aromatic nitrogens is 2. The Bertz CT molecular complexity index is 702. The molecule has 23 heavy (non-hydrogen) atoms. The zero-order valence-electron chi connectivity index (χ0n) is 12.8. The molecule has 0 saturated carbocycles. The topological polar surface area (TPSA) is 77.8 Å². The molecule has 1 fully saturated rings. The number of piperidine rings is 1. The van der Waals surface area contributed by atoms with Crippen LogP contribution in [-0.2, 0) is 6.54 Å². The van der Waals surface area contributed by atoms with Crippen molar-refractivity contribution in [3.05, 3.63) is 36.3 Å². The van der Waals surface area contributed by atoms with Crippen molar-refractivity contribution in [2.24, 2.45) is 5.92 Å². The molecule has 1 aliphatic rings. The van der Waals surface area contributed by atoms with Crippen molar-refractivity contribution in [1.82, 2.24) is 25.9 Å². The highest BCUT2D eigenvalue weighted by Gasteiger charge is 2.15. The van der Waals surface area contributed by atoms with Crippen LogP contribution in [0.4, 0.5) is 4.48 Å². The van der Waals surface area contributed by atoms with E-state index in [1.165, 1.54) is 30.9 Å². The van der Waals surface area contributed by atoms with Gasteiger partial charge in [-0.25, -0.2) is 4.98 Å². The molecule has 4 N–H and O–H groups in total. The molecule has 0 aliphatic carbocycles. The van der Waals surface area contributed by atoms with E-state index >= 15 is 0 Å². The van der Waals surface area contributed by atoms with Gasteiger partial charge in [-0.15, -0.1) is 4.48 Å². The summed E-state index contributed by atoms with van der Waals surface area (Å²) in [6.45, 7) is 3.16. The minimum Gasteiger partial charge on any atom is -0.332 e. The maximum absolute atomic E-state index is 12.0. The van der Waals surface area contributed by atoms with Crippen molar-refractivity contribution in [2.45, 2.75) is 19.4 Å². The van der Waals surface area contributed by atoms with Gasteiger partial charge in [-0.1, -0.05) is 5.65 Å². The Labute approximate surface area is 134 Å². The number of hydrogen-bond donors (Lipinski definition) is 4. The number of rotatable bonds is 6. The largest absolute Gasteiger partial charge is 0.332 e. The van der Waals surface area contributed by atoms with Crippen LogP contribution in [0, 0.1) is 11.3 Å². The molecule has 0 spiro atoms. The van der Waals surface area contributed by atoms with E-state index in [9.17, 15) is 4.48 Å². The molecule has 0 aromatic carbocycles. The number of nitrogens with one attached hydrogen (secondary N) is 4.